The summed E-state index contributed by atoms with van der Waals surface area (Å²) < 4.78 is 41.4. The molecule has 0 aliphatic carbocycles. The van der Waals surface area contributed by atoms with Crippen molar-refractivity contribution in [1.29, 1.82) is 0 Å². The van der Waals surface area contributed by atoms with Gasteiger partial charge in [-0.25, -0.2) is 0 Å². The van der Waals surface area contributed by atoms with Gasteiger partial charge in [0.05, 0.1) is 13.2 Å². The van der Waals surface area contributed by atoms with Gasteiger partial charge in [0.15, 0.2) is 17.5 Å². The molecule has 0 unspecified atom stereocenters. The number of para-hydroxylation sites is 1. The SMILES string of the molecule is CN=C(NCc1cc(C)ccc1OC(F)F)NCc1cccc2c1OCCCO2. The van der Waals surface area contributed by atoms with Crippen LogP contribution in [0.3, 0.4) is 0 Å². The minimum atomic E-state index is -2.87. The first-order valence-electron chi connectivity index (χ1n) is 9.43. The minimum absolute atomic E-state index is 0.146. The molecule has 0 spiro atoms. The Balaban J connectivity index is 1.64. The van der Waals surface area contributed by atoms with Crippen molar-refractivity contribution in [1.82, 2.24) is 10.6 Å². The zero-order chi connectivity index (χ0) is 20.6. The maximum atomic E-state index is 12.6. The normalized spacial score (nSPS) is 13.8. The molecular weight excluding hydrogens is 380 g/mol. The molecule has 2 N–H and O–H groups in total. The second-order valence-corrected chi connectivity index (χ2v) is 6.56. The number of alkyl halides is 2. The van der Waals surface area contributed by atoms with E-state index in [-0.39, 0.29) is 12.3 Å². The van der Waals surface area contributed by atoms with Gasteiger partial charge >= 0.3 is 6.61 Å². The molecule has 8 heteroatoms. The number of aryl methyl sites for hydroxylation is 1. The first kappa shape index (κ1) is 20.7. The third-order valence-electron chi connectivity index (χ3n) is 4.40. The van der Waals surface area contributed by atoms with Crippen LogP contribution in [-0.2, 0) is 13.1 Å². The number of hydrogen-bond acceptors (Lipinski definition) is 4. The van der Waals surface area contributed by atoms with Crippen molar-refractivity contribution >= 4 is 5.96 Å². The zero-order valence-corrected chi connectivity index (χ0v) is 16.5. The molecule has 0 aromatic heterocycles. The topological polar surface area (TPSA) is 64.1 Å². The van der Waals surface area contributed by atoms with Gasteiger partial charge in [-0.05, 0) is 19.1 Å². The van der Waals surface area contributed by atoms with Gasteiger partial charge in [0.1, 0.15) is 5.75 Å². The van der Waals surface area contributed by atoms with Crippen molar-refractivity contribution in [2.75, 3.05) is 20.3 Å². The van der Waals surface area contributed by atoms with Crippen molar-refractivity contribution in [2.45, 2.75) is 33.0 Å². The van der Waals surface area contributed by atoms with E-state index in [1.54, 1.807) is 25.2 Å². The Bertz CT molecular complexity index is 859. The predicted molar refractivity (Wildman–Crippen MR) is 107 cm³/mol. The van der Waals surface area contributed by atoms with Gasteiger partial charge < -0.3 is 24.8 Å². The Morgan fingerprint density at radius 1 is 1.10 bits per heavy atom. The standard InChI is InChI=1S/C21H25F2N3O3/c1-14-7-8-17(29-20(22)23)16(11-14)13-26-21(24-2)25-12-15-5-3-6-18-19(15)28-10-4-9-27-18/h3,5-8,11,20H,4,9-10,12-13H2,1-2H3,(H2,24,25,26). The van der Waals surface area contributed by atoms with Gasteiger partial charge in [-0.3, -0.25) is 4.99 Å². The van der Waals surface area contributed by atoms with Crippen LogP contribution in [0, 0.1) is 6.92 Å². The third-order valence-corrected chi connectivity index (χ3v) is 4.40. The first-order chi connectivity index (χ1) is 14.1. The third kappa shape index (κ3) is 5.73. The van der Waals surface area contributed by atoms with E-state index in [2.05, 4.69) is 20.4 Å². The van der Waals surface area contributed by atoms with Gasteiger partial charge in [-0.2, -0.15) is 8.78 Å². The maximum Gasteiger partial charge on any atom is 0.387 e. The molecule has 6 nitrogen and oxygen atoms in total. The van der Waals surface area contributed by atoms with Crippen molar-refractivity contribution in [3.05, 3.63) is 53.1 Å². The van der Waals surface area contributed by atoms with Crippen LogP contribution in [0.15, 0.2) is 41.4 Å². The number of hydrogen-bond donors (Lipinski definition) is 2. The average molecular weight is 405 g/mol. The van der Waals surface area contributed by atoms with Crippen LogP contribution in [0.4, 0.5) is 8.78 Å². The van der Waals surface area contributed by atoms with Gasteiger partial charge in [0.25, 0.3) is 0 Å². The summed E-state index contributed by atoms with van der Waals surface area (Å²) in [5, 5.41) is 6.35. The predicted octanol–water partition coefficient (Wildman–Crippen LogP) is 3.62. The summed E-state index contributed by atoms with van der Waals surface area (Å²) in [6.07, 6.45) is 0.838. The molecule has 1 aliphatic rings. The van der Waals surface area contributed by atoms with Crippen molar-refractivity contribution in [2.24, 2.45) is 4.99 Å². The highest BCUT2D eigenvalue weighted by Crippen LogP contribution is 2.33. The van der Waals surface area contributed by atoms with Crippen LogP contribution >= 0.6 is 0 Å². The Morgan fingerprint density at radius 2 is 1.86 bits per heavy atom. The van der Waals surface area contributed by atoms with E-state index in [1.807, 2.05) is 25.1 Å². The Hall–Kier alpha value is -3.03. The highest BCUT2D eigenvalue weighted by atomic mass is 19.3. The zero-order valence-electron chi connectivity index (χ0n) is 16.5. The van der Waals surface area contributed by atoms with Crippen LogP contribution in [-0.4, -0.2) is 32.8 Å². The summed E-state index contributed by atoms with van der Waals surface area (Å²) in [7, 11) is 1.65. The van der Waals surface area contributed by atoms with E-state index in [0.29, 0.717) is 31.3 Å². The second-order valence-electron chi connectivity index (χ2n) is 6.56. The number of nitrogens with zero attached hydrogens (tertiary/aromatic N) is 1. The number of rotatable bonds is 6. The molecule has 0 saturated carbocycles. The molecule has 29 heavy (non-hydrogen) atoms. The van der Waals surface area contributed by atoms with Gasteiger partial charge in [0, 0.05) is 37.7 Å². The molecule has 0 bridgehead atoms. The quantitative estimate of drug-likeness (QED) is 0.568. The number of guanidine groups is 1. The van der Waals surface area contributed by atoms with Crippen molar-refractivity contribution < 1.29 is 23.0 Å². The summed E-state index contributed by atoms with van der Waals surface area (Å²) in [6, 6.07) is 10.9. The minimum Gasteiger partial charge on any atom is -0.490 e. The molecule has 0 amide bonds. The van der Waals surface area contributed by atoms with E-state index in [1.165, 1.54) is 0 Å². The molecule has 0 atom stereocenters. The summed E-state index contributed by atoms with van der Waals surface area (Å²) in [4.78, 5) is 4.20. The number of benzene rings is 2. The van der Waals surface area contributed by atoms with Crippen LogP contribution < -0.4 is 24.8 Å². The molecule has 0 saturated heterocycles. The van der Waals surface area contributed by atoms with E-state index in [4.69, 9.17) is 9.47 Å². The Labute approximate surface area is 168 Å². The number of fused-ring (bicyclic) bond motifs is 1. The average Bonchev–Trinajstić information content (AvgIpc) is 2.95. The highest BCUT2D eigenvalue weighted by molar-refractivity contribution is 5.79. The first-order valence-corrected chi connectivity index (χ1v) is 9.43. The van der Waals surface area contributed by atoms with E-state index < -0.39 is 6.61 Å². The molecule has 2 aromatic rings. The van der Waals surface area contributed by atoms with E-state index >= 15 is 0 Å². The molecule has 0 radical (unpaired) electrons. The van der Waals surface area contributed by atoms with Gasteiger partial charge in [-0.15, -0.1) is 0 Å². The number of nitrogens with one attached hydrogen (secondary N) is 2. The summed E-state index contributed by atoms with van der Waals surface area (Å²) >= 11 is 0. The number of ether oxygens (including phenoxy) is 3. The highest BCUT2D eigenvalue weighted by Gasteiger charge is 2.15. The lowest BCUT2D eigenvalue weighted by molar-refractivity contribution is -0.0504. The molecule has 156 valence electrons. The second kappa shape index (κ2) is 9.95. The number of aliphatic imine (C=N–C) groups is 1. The fraction of sp³-hybridized carbons (Fsp3) is 0.381. The fourth-order valence-electron chi connectivity index (χ4n) is 3.03. The van der Waals surface area contributed by atoms with Crippen LogP contribution in [0.25, 0.3) is 0 Å². The molecule has 0 fully saturated rings. The van der Waals surface area contributed by atoms with E-state index in [0.717, 1.165) is 29.0 Å². The Kier molecular flexibility index (Phi) is 7.10. The van der Waals surface area contributed by atoms with Crippen LogP contribution in [0.5, 0.6) is 17.2 Å². The lowest BCUT2D eigenvalue weighted by Gasteiger charge is -2.17. The molecule has 2 aromatic carbocycles. The Morgan fingerprint density at radius 3 is 2.62 bits per heavy atom. The largest absolute Gasteiger partial charge is 0.490 e. The van der Waals surface area contributed by atoms with Crippen molar-refractivity contribution in [3.63, 3.8) is 0 Å². The van der Waals surface area contributed by atoms with Crippen LogP contribution in [0.2, 0.25) is 0 Å². The maximum absolute atomic E-state index is 12.6. The summed E-state index contributed by atoms with van der Waals surface area (Å²) in [6.45, 7) is 1.02. The monoisotopic (exact) mass is 405 g/mol. The fourth-order valence-corrected chi connectivity index (χ4v) is 3.03. The van der Waals surface area contributed by atoms with Crippen LogP contribution in [0.1, 0.15) is 23.1 Å². The summed E-state index contributed by atoms with van der Waals surface area (Å²) in [5.74, 6) is 2.15. The molecule has 1 heterocycles. The van der Waals surface area contributed by atoms with Gasteiger partial charge in [0.2, 0.25) is 0 Å². The van der Waals surface area contributed by atoms with E-state index in [9.17, 15) is 8.78 Å². The molecule has 3 rings (SSSR count). The molecule has 1 aliphatic heterocycles. The number of halogens is 2. The summed E-state index contributed by atoms with van der Waals surface area (Å²) in [5.41, 5.74) is 2.53. The molecular formula is C21H25F2N3O3. The lowest BCUT2D eigenvalue weighted by Crippen LogP contribution is -2.36. The van der Waals surface area contributed by atoms with Gasteiger partial charge in [-0.1, -0.05) is 29.8 Å². The lowest BCUT2D eigenvalue weighted by atomic mass is 10.1. The van der Waals surface area contributed by atoms with Crippen molar-refractivity contribution in [3.8, 4) is 17.2 Å². The smallest absolute Gasteiger partial charge is 0.387 e.